The lowest BCUT2D eigenvalue weighted by molar-refractivity contribution is 0.0988. The second kappa shape index (κ2) is 7.49. The van der Waals surface area contributed by atoms with Crippen molar-refractivity contribution < 1.29 is 9.32 Å². The minimum Gasteiger partial charge on any atom is -0.350 e. The van der Waals surface area contributed by atoms with Crippen LogP contribution in [0.25, 0.3) is 11.4 Å². The Morgan fingerprint density at radius 3 is 2.69 bits per heavy atom. The molecule has 0 radical (unpaired) electrons. The highest BCUT2D eigenvalue weighted by Gasteiger charge is 2.18. The van der Waals surface area contributed by atoms with E-state index in [4.69, 9.17) is 4.52 Å². The molecule has 1 N–H and O–H groups in total. The van der Waals surface area contributed by atoms with E-state index in [0.717, 1.165) is 30.9 Å². The zero-order valence-electron chi connectivity index (χ0n) is 14.4. The summed E-state index contributed by atoms with van der Waals surface area (Å²) >= 11 is 0. The molecule has 3 aromatic rings. The van der Waals surface area contributed by atoms with Crippen molar-refractivity contribution in [1.29, 1.82) is 0 Å². The summed E-state index contributed by atoms with van der Waals surface area (Å²) in [4.78, 5) is 19.2. The van der Waals surface area contributed by atoms with E-state index in [9.17, 15) is 4.79 Å². The van der Waals surface area contributed by atoms with Gasteiger partial charge in [-0.2, -0.15) is 0 Å². The molecule has 2 aromatic heterocycles. The zero-order chi connectivity index (χ0) is 17.8. The number of anilines is 1. The average molecular weight is 348 g/mol. The summed E-state index contributed by atoms with van der Waals surface area (Å²) in [7, 11) is 0. The zero-order valence-corrected chi connectivity index (χ0v) is 14.4. The summed E-state index contributed by atoms with van der Waals surface area (Å²) in [6.07, 6.45) is 4.16. The number of carbonyl (C=O) groups excluding carboxylic acids is 1. The van der Waals surface area contributed by atoms with Crippen LogP contribution in [0.15, 0.2) is 59.3 Å². The van der Waals surface area contributed by atoms with Gasteiger partial charge in [0.1, 0.15) is 5.69 Å². The molecule has 0 saturated carbocycles. The van der Waals surface area contributed by atoms with Crippen LogP contribution in [0.2, 0.25) is 0 Å². The van der Waals surface area contributed by atoms with Crippen LogP contribution in [0.4, 0.5) is 5.69 Å². The molecule has 1 aromatic carbocycles. The van der Waals surface area contributed by atoms with E-state index < -0.39 is 0 Å². The fourth-order valence-corrected chi connectivity index (χ4v) is 3.16. The second-order valence-electron chi connectivity index (χ2n) is 6.39. The Morgan fingerprint density at radius 2 is 1.88 bits per heavy atom. The maximum atomic E-state index is 12.6. The molecule has 6 nitrogen and oxygen atoms in total. The number of likely N-dealkylation sites (tertiary alicyclic amines) is 1. The van der Waals surface area contributed by atoms with E-state index in [1.807, 2.05) is 42.5 Å². The minimum atomic E-state index is -0.312. The maximum Gasteiger partial charge on any atom is 0.294 e. The molecule has 1 saturated heterocycles. The van der Waals surface area contributed by atoms with Crippen LogP contribution in [-0.2, 0) is 6.54 Å². The lowest BCUT2D eigenvalue weighted by atomic mass is 10.1. The molecule has 0 atom stereocenters. The molecule has 1 fully saturated rings. The molecule has 1 aliphatic rings. The van der Waals surface area contributed by atoms with Gasteiger partial charge in [0.25, 0.3) is 5.91 Å². The number of nitrogens with one attached hydrogen (secondary N) is 1. The lowest BCUT2D eigenvalue weighted by Gasteiger charge is -2.17. The van der Waals surface area contributed by atoms with Crippen molar-refractivity contribution in [2.24, 2.45) is 0 Å². The number of pyridine rings is 1. The Morgan fingerprint density at radius 1 is 1.08 bits per heavy atom. The van der Waals surface area contributed by atoms with E-state index >= 15 is 0 Å². The van der Waals surface area contributed by atoms with Gasteiger partial charge in [-0.15, -0.1) is 0 Å². The van der Waals surface area contributed by atoms with Gasteiger partial charge in [-0.25, -0.2) is 0 Å². The Hall–Kier alpha value is -2.99. The number of aromatic nitrogens is 2. The molecule has 6 heteroatoms. The number of rotatable bonds is 5. The van der Waals surface area contributed by atoms with Gasteiger partial charge in [0.2, 0.25) is 5.76 Å². The van der Waals surface area contributed by atoms with Gasteiger partial charge in [0.15, 0.2) is 0 Å². The number of benzene rings is 1. The van der Waals surface area contributed by atoms with E-state index in [-0.39, 0.29) is 11.7 Å². The van der Waals surface area contributed by atoms with Gasteiger partial charge in [0, 0.05) is 24.5 Å². The van der Waals surface area contributed by atoms with Crippen LogP contribution in [0.1, 0.15) is 29.0 Å². The average Bonchev–Trinajstić information content (AvgIpc) is 3.36. The van der Waals surface area contributed by atoms with Crippen molar-refractivity contribution in [1.82, 2.24) is 15.0 Å². The van der Waals surface area contributed by atoms with Crippen LogP contribution in [0.3, 0.4) is 0 Å². The first-order valence-electron chi connectivity index (χ1n) is 8.79. The van der Waals surface area contributed by atoms with Gasteiger partial charge in [-0.05, 0) is 49.7 Å². The highest BCUT2D eigenvalue weighted by Crippen LogP contribution is 2.22. The van der Waals surface area contributed by atoms with Crippen LogP contribution in [0, 0.1) is 0 Å². The van der Waals surface area contributed by atoms with Crippen molar-refractivity contribution in [3.05, 3.63) is 66.1 Å². The number of carbonyl (C=O) groups is 1. The highest BCUT2D eigenvalue weighted by atomic mass is 16.5. The van der Waals surface area contributed by atoms with E-state index in [1.165, 1.54) is 12.8 Å². The Bertz CT molecular complexity index is 886. The van der Waals surface area contributed by atoms with Gasteiger partial charge in [0.05, 0.1) is 5.69 Å². The molecule has 26 heavy (non-hydrogen) atoms. The van der Waals surface area contributed by atoms with Gasteiger partial charge < -0.3 is 9.84 Å². The third-order valence-electron chi connectivity index (χ3n) is 4.52. The first kappa shape index (κ1) is 16.5. The van der Waals surface area contributed by atoms with Crippen molar-refractivity contribution in [2.75, 3.05) is 18.4 Å². The van der Waals surface area contributed by atoms with Crippen LogP contribution < -0.4 is 5.32 Å². The third kappa shape index (κ3) is 3.65. The lowest BCUT2D eigenvalue weighted by Crippen LogP contribution is -2.20. The van der Waals surface area contributed by atoms with Gasteiger partial charge in [-0.1, -0.05) is 29.4 Å². The summed E-state index contributed by atoms with van der Waals surface area (Å²) in [5.74, 6) is -0.143. The largest absolute Gasteiger partial charge is 0.350 e. The van der Waals surface area contributed by atoms with Crippen molar-refractivity contribution >= 4 is 11.6 Å². The standard InChI is InChI=1S/C20H20N4O2/c25-20(19-13-18(23-26-19)17-9-3-4-10-21-17)22-16-8-2-1-7-15(16)14-24-11-5-6-12-24/h1-4,7-10,13H,5-6,11-12,14H2,(H,22,25). The summed E-state index contributed by atoms with van der Waals surface area (Å²) in [6.45, 7) is 3.06. The number of hydrogen-bond donors (Lipinski definition) is 1. The summed E-state index contributed by atoms with van der Waals surface area (Å²) < 4.78 is 5.21. The minimum absolute atomic E-state index is 0.168. The van der Waals surface area contributed by atoms with E-state index in [0.29, 0.717) is 11.4 Å². The fraction of sp³-hybridized carbons (Fsp3) is 0.250. The molecule has 3 heterocycles. The van der Waals surface area contributed by atoms with E-state index in [1.54, 1.807) is 12.3 Å². The predicted molar refractivity (Wildman–Crippen MR) is 98.6 cm³/mol. The van der Waals surface area contributed by atoms with Gasteiger partial charge in [-0.3, -0.25) is 14.7 Å². The smallest absolute Gasteiger partial charge is 0.294 e. The van der Waals surface area contributed by atoms with Crippen LogP contribution in [0.5, 0.6) is 0 Å². The van der Waals surface area contributed by atoms with Gasteiger partial charge >= 0.3 is 0 Å². The predicted octanol–water partition coefficient (Wildman–Crippen LogP) is 3.58. The molecule has 0 spiro atoms. The molecule has 1 aliphatic heterocycles. The van der Waals surface area contributed by atoms with Crippen LogP contribution >= 0.6 is 0 Å². The number of hydrogen-bond acceptors (Lipinski definition) is 5. The molecule has 0 bridgehead atoms. The number of amides is 1. The number of nitrogens with zero attached hydrogens (tertiary/aromatic N) is 3. The third-order valence-corrected chi connectivity index (χ3v) is 4.52. The Kier molecular flexibility index (Phi) is 4.75. The normalized spacial score (nSPS) is 14.5. The summed E-state index contributed by atoms with van der Waals surface area (Å²) in [5.41, 5.74) is 3.12. The Labute approximate surface area is 151 Å². The summed E-state index contributed by atoms with van der Waals surface area (Å²) in [6, 6.07) is 15.0. The fourth-order valence-electron chi connectivity index (χ4n) is 3.16. The Balaban J connectivity index is 1.49. The summed E-state index contributed by atoms with van der Waals surface area (Å²) in [5, 5.41) is 6.89. The molecule has 0 unspecified atom stereocenters. The maximum absolute atomic E-state index is 12.6. The molecule has 1 amide bonds. The van der Waals surface area contributed by atoms with E-state index in [2.05, 4.69) is 20.4 Å². The first-order valence-corrected chi connectivity index (χ1v) is 8.79. The topological polar surface area (TPSA) is 71.3 Å². The second-order valence-corrected chi connectivity index (χ2v) is 6.39. The molecular weight excluding hydrogens is 328 g/mol. The molecule has 0 aliphatic carbocycles. The van der Waals surface area contributed by atoms with Crippen molar-refractivity contribution in [3.63, 3.8) is 0 Å². The van der Waals surface area contributed by atoms with Crippen molar-refractivity contribution in [3.8, 4) is 11.4 Å². The monoisotopic (exact) mass is 348 g/mol. The molecule has 4 rings (SSSR count). The number of para-hydroxylation sites is 1. The SMILES string of the molecule is O=C(Nc1ccccc1CN1CCCC1)c1cc(-c2ccccn2)no1. The molecule has 132 valence electrons. The quantitative estimate of drug-likeness (QED) is 0.763. The highest BCUT2D eigenvalue weighted by molar-refractivity contribution is 6.03. The molecular formula is C20H20N4O2. The first-order chi connectivity index (χ1) is 12.8. The van der Waals surface area contributed by atoms with Crippen LogP contribution in [-0.4, -0.2) is 34.0 Å². The van der Waals surface area contributed by atoms with Crippen molar-refractivity contribution in [2.45, 2.75) is 19.4 Å².